The molecule has 0 saturated carbocycles. The summed E-state index contributed by atoms with van der Waals surface area (Å²) in [4.78, 5) is 0. The van der Waals surface area contributed by atoms with E-state index in [1.54, 1.807) is 6.07 Å². The smallest absolute Gasteiger partial charge is 0.141 e. The van der Waals surface area contributed by atoms with Crippen LogP contribution in [0.25, 0.3) is 0 Å². The number of aliphatic hydroxyl groups is 1. The summed E-state index contributed by atoms with van der Waals surface area (Å²) < 4.78 is 18.5. The minimum Gasteiger partial charge on any atom is -0.491 e. The number of ether oxygens (including phenoxy) is 1. The molecule has 0 amide bonds. The Morgan fingerprint density at radius 3 is 2.81 bits per heavy atom. The molecule has 5 heteroatoms. The zero-order chi connectivity index (χ0) is 15.2. The molecule has 112 valence electrons. The van der Waals surface area contributed by atoms with Crippen molar-refractivity contribution in [2.24, 2.45) is 0 Å². The maximum absolute atomic E-state index is 13.0. The first-order valence-electron chi connectivity index (χ1n) is 6.61. The van der Waals surface area contributed by atoms with Gasteiger partial charge >= 0.3 is 0 Å². The lowest BCUT2D eigenvalue weighted by Gasteiger charge is -2.14. The molecule has 0 radical (unpaired) electrons. The van der Waals surface area contributed by atoms with Crippen molar-refractivity contribution in [2.75, 3.05) is 18.5 Å². The molecular weight excluding hydrogens is 293 g/mol. The third-order valence-corrected chi connectivity index (χ3v) is 3.18. The van der Waals surface area contributed by atoms with Crippen LogP contribution < -0.4 is 10.1 Å². The van der Waals surface area contributed by atoms with Crippen molar-refractivity contribution >= 4 is 17.3 Å². The van der Waals surface area contributed by atoms with Crippen LogP contribution in [0.1, 0.15) is 5.56 Å². The third-order valence-electron chi connectivity index (χ3n) is 2.89. The summed E-state index contributed by atoms with van der Waals surface area (Å²) in [5, 5.41) is 12.9. The number of hydrogen-bond acceptors (Lipinski definition) is 3. The average molecular weight is 310 g/mol. The van der Waals surface area contributed by atoms with Crippen LogP contribution >= 0.6 is 11.6 Å². The molecule has 2 aromatic rings. The number of benzene rings is 2. The largest absolute Gasteiger partial charge is 0.491 e. The highest BCUT2D eigenvalue weighted by Gasteiger charge is 2.06. The Kier molecular flexibility index (Phi) is 5.42. The highest BCUT2D eigenvalue weighted by molar-refractivity contribution is 6.31. The standard InChI is InChI=1S/C16H17ClFNO2/c1-11-3-2-4-14(7-11)21-10-13(20)9-19-12-5-6-16(18)15(17)8-12/h2-8,13,19-20H,9-10H2,1H3. The molecule has 21 heavy (non-hydrogen) atoms. The highest BCUT2D eigenvalue weighted by atomic mass is 35.5. The van der Waals surface area contributed by atoms with Crippen molar-refractivity contribution in [1.82, 2.24) is 0 Å². The van der Waals surface area contributed by atoms with Crippen LogP contribution in [0.15, 0.2) is 42.5 Å². The number of aryl methyl sites for hydroxylation is 1. The Bertz CT molecular complexity index is 607. The summed E-state index contributed by atoms with van der Waals surface area (Å²) in [6, 6.07) is 11.9. The van der Waals surface area contributed by atoms with E-state index in [0.29, 0.717) is 5.69 Å². The van der Waals surface area contributed by atoms with Gasteiger partial charge in [-0.25, -0.2) is 4.39 Å². The summed E-state index contributed by atoms with van der Waals surface area (Å²) in [5.41, 5.74) is 1.75. The van der Waals surface area contributed by atoms with Gasteiger partial charge in [0.1, 0.15) is 24.3 Å². The fourth-order valence-electron chi connectivity index (χ4n) is 1.80. The number of hydrogen-bond donors (Lipinski definition) is 2. The number of nitrogens with one attached hydrogen (secondary N) is 1. The molecule has 0 heterocycles. The highest BCUT2D eigenvalue weighted by Crippen LogP contribution is 2.19. The minimum absolute atomic E-state index is 0.0468. The summed E-state index contributed by atoms with van der Waals surface area (Å²) in [6.45, 7) is 2.43. The second-order valence-electron chi connectivity index (χ2n) is 4.79. The van der Waals surface area contributed by atoms with Crippen molar-refractivity contribution in [3.8, 4) is 5.75 Å². The monoisotopic (exact) mass is 309 g/mol. The number of aliphatic hydroxyl groups excluding tert-OH is 1. The average Bonchev–Trinajstić information content (AvgIpc) is 2.46. The van der Waals surface area contributed by atoms with Crippen LogP contribution in [0, 0.1) is 12.7 Å². The van der Waals surface area contributed by atoms with E-state index in [4.69, 9.17) is 16.3 Å². The van der Waals surface area contributed by atoms with Crippen molar-refractivity contribution < 1.29 is 14.2 Å². The minimum atomic E-state index is -0.686. The first-order valence-corrected chi connectivity index (χ1v) is 6.99. The van der Waals surface area contributed by atoms with Crippen LogP contribution in [-0.4, -0.2) is 24.4 Å². The normalized spacial score (nSPS) is 12.0. The topological polar surface area (TPSA) is 41.5 Å². The lowest BCUT2D eigenvalue weighted by atomic mass is 10.2. The molecule has 1 atom stereocenters. The van der Waals surface area contributed by atoms with E-state index < -0.39 is 11.9 Å². The molecule has 0 saturated heterocycles. The van der Waals surface area contributed by atoms with E-state index in [-0.39, 0.29) is 18.2 Å². The van der Waals surface area contributed by atoms with E-state index in [0.717, 1.165) is 11.3 Å². The molecule has 1 unspecified atom stereocenters. The fraction of sp³-hybridized carbons (Fsp3) is 0.250. The molecule has 0 aromatic heterocycles. The summed E-state index contributed by atoms with van der Waals surface area (Å²) in [7, 11) is 0. The molecule has 0 fully saturated rings. The van der Waals surface area contributed by atoms with Gasteiger partial charge in [-0.3, -0.25) is 0 Å². The molecule has 0 bridgehead atoms. The second kappa shape index (κ2) is 7.29. The van der Waals surface area contributed by atoms with Gasteiger partial charge in [0.25, 0.3) is 0 Å². The van der Waals surface area contributed by atoms with Gasteiger partial charge in [0.15, 0.2) is 0 Å². The van der Waals surface area contributed by atoms with Crippen molar-refractivity contribution in [1.29, 1.82) is 0 Å². The quantitative estimate of drug-likeness (QED) is 0.856. The van der Waals surface area contributed by atoms with Crippen molar-refractivity contribution in [3.05, 3.63) is 58.9 Å². The molecular formula is C16H17ClFNO2. The molecule has 2 N–H and O–H groups in total. The zero-order valence-corrected chi connectivity index (χ0v) is 12.4. The van der Waals surface area contributed by atoms with Crippen LogP contribution in [0.3, 0.4) is 0 Å². The van der Waals surface area contributed by atoms with Gasteiger partial charge in [-0.1, -0.05) is 23.7 Å². The predicted octanol–water partition coefficient (Wildman–Crippen LogP) is 3.64. The van der Waals surface area contributed by atoms with E-state index in [1.165, 1.54) is 12.1 Å². The Morgan fingerprint density at radius 1 is 1.29 bits per heavy atom. The lowest BCUT2D eigenvalue weighted by Crippen LogP contribution is -2.26. The van der Waals surface area contributed by atoms with Gasteiger partial charge < -0.3 is 15.2 Å². The van der Waals surface area contributed by atoms with Gasteiger partial charge in [-0.15, -0.1) is 0 Å². The van der Waals surface area contributed by atoms with Gasteiger partial charge in [-0.05, 0) is 42.8 Å². The molecule has 0 spiro atoms. The maximum atomic E-state index is 13.0. The van der Waals surface area contributed by atoms with Crippen molar-refractivity contribution in [3.63, 3.8) is 0 Å². The summed E-state index contributed by atoms with van der Waals surface area (Å²) >= 11 is 5.68. The molecule has 0 aliphatic rings. The molecule has 0 aliphatic heterocycles. The van der Waals surface area contributed by atoms with Crippen LogP contribution in [0.2, 0.25) is 5.02 Å². The Morgan fingerprint density at radius 2 is 2.10 bits per heavy atom. The van der Waals surface area contributed by atoms with Gasteiger partial charge in [0.2, 0.25) is 0 Å². The van der Waals surface area contributed by atoms with E-state index in [2.05, 4.69) is 5.32 Å². The first kappa shape index (κ1) is 15.6. The molecule has 0 aliphatic carbocycles. The number of anilines is 1. The van der Waals surface area contributed by atoms with Crippen LogP contribution in [0.4, 0.5) is 10.1 Å². The second-order valence-corrected chi connectivity index (χ2v) is 5.20. The molecule has 2 rings (SSSR count). The third kappa shape index (κ3) is 4.92. The van der Waals surface area contributed by atoms with E-state index in [1.807, 2.05) is 31.2 Å². The number of rotatable bonds is 6. The van der Waals surface area contributed by atoms with Crippen LogP contribution in [-0.2, 0) is 0 Å². The Balaban J connectivity index is 1.79. The Hall–Kier alpha value is -1.78. The Labute approximate surface area is 128 Å². The number of halogens is 2. The van der Waals surface area contributed by atoms with Gasteiger partial charge in [-0.2, -0.15) is 0 Å². The zero-order valence-electron chi connectivity index (χ0n) is 11.6. The molecule has 2 aromatic carbocycles. The SMILES string of the molecule is Cc1cccc(OCC(O)CNc2ccc(F)c(Cl)c2)c1. The first-order chi connectivity index (χ1) is 10.0. The van der Waals surface area contributed by atoms with E-state index in [9.17, 15) is 9.50 Å². The lowest BCUT2D eigenvalue weighted by molar-refractivity contribution is 0.117. The van der Waals surface area contributed by atoms with Gasteiger partial charge in [0.05, 0.1) is 5.02 Å². The summed E-state index contributed by atoms with van der Waals surface area (Å²) in [5.74, 6) is 0.254. The van der Waals surface area contributed by atoms with Crippen LogP contribution in [0.5, 0.6) is 5.75 Å². The predicted molar refractivity (Wildman–Crippen MR) is 82.6 cm³/mol. The fourth-order valence-corrected chi connectivity index (χ4v) is 1.98. The van der Waals surface area contributed by atoms with Gasteiger partial charge in [0, 0.05) is 12.2 Å². The molecule has 3 nitrogen and oxygen atoms in total. The summed E-state index contributed by atoms with van der Waals surface area (Å²) in [6.07, 6.45) is -0.686. The van der Waals surface area contributed by atoms with Crippen molar-refractivity contribution in [2.45, 2.75) is 13.0 Å². The maximum Gasteiger partial charge on any atom is 0.141 e. The van der Waals surface area contributed by atoms with E-state index >= 15 is 0 Å².